The Morgan fingerprint density at radius 1 is 1.41 bits per heavy atom. The summed E-state index contributed by atoms with van der Waals surface area (Å²) >= 11 is 0. The van der Waals surface area contributed by atoms with Crippen LogP contribution in [0.2, 0.25) is 0 Å². The summed E-state index contributed by atoms with van der Waals surface area (Å²) in [6.07, 6.45) is 0. The van der Waals surface area contributed by atoms with Crippen molar-refractivity contribution in [2.24, 2.45) is 0 Å². The van der Waals surface area contributed by atoms with Gasteiger partial charge >= 0.3 is 11.9 Å². The van der Waals surface area contributed by atoms with Crippen molar-refractivity contribution in [1.29, 1.82) is 0 Å². The minimum Gasteiger partial charge on any atom is -0.496 e. The molecule has 0 N–H and O–H groups in total. The first-order chi connectivity index (χ1) is 7.95. The highest BCUT2D eigenvalue weighted by molar-refractivity contribution is 5.80. The molecule has 1 rings (SSSR count). The number of carbonyl (C=O) groups is 1. The molecule has 0 saturated carbocycles. The molecule has 0 atom stereocenters. The Bertz CT molecular complexity index is 416. The van der Waals surface area contributed by atoms with Gasteiger partial charge in [-0.3, -0.25) is 0 Å². The van der Waals surface area contributed by atoms with Gasteiger partial charge in [0, 0.05) is 0 Å². The molecule has 0 unspecified atom stereocenters. The summed E-state index contributed by atoms with van der Waals surface area (Å²) in [6.45, 7) is 3.01. The van der Waals surface area contributed by atoms with E-state index in [0.29, 0.717) is 5.56 Å². The maximum atomic E-state index is 13.8. The van der Waals surface area contributed by atoms with Crippen LogP contribution in [0.4, 0.5) is 8.78 Å². The predicted octanol–water partition coefficient (Wildman–Crippen LogP) is 2.66. The molecular formula is C12H14F2O3. The number of aryl methyl sites for hydroxylation is 1. The van der Waals surface area contributed by atoms with Crippen molar-refractivity contribution in [3.05, 3.63) is 29.3 Å². The molecule has 1 aromatic carbocycles. The third-order valence-electron chi connectivity index (χ3n) is 2.29. The number of halogens is 2. The van der Waals surface area contributed by atoms with E-state index in [1.54, 1.807) is 13.0 Å². The molecule has 3 nitrogen and oxygen atoms in total. The Kier molecular flexibility index (Phi) is 4.04. The van der Waals surface area contributed by atoms with Gasteiger partial charge in [-0.25, -0.2) is 4.79 Å². The van der Waals surface area contributed by atoms with Gasteiger partial charge in [0.05, 0.1) is 19.3 Å². The quantitative estimate of drug-likeness (QED) is 0.764. The normalized spacial score (nSPS) is 11.1. The Hall–Kier alpha value is -1.65. The first-order valence-electron chi connectivity index (χ1n) is 5.14. The minimum atomic E-state index is -3.70. The highest BCUT2D eigenvalue weighted by Crippen LogP contribution is 2.37. The highest BCUT2D eigenvalue weighted by atomic mass is 19.3. The van der Waals surface area contributed by atoms with Gasteiger partial charge in [-0.05, 0) is 25.5 Å². The SMILES string of the molecule is CCOC(=O)C(F)(F)c1cccc(C)c1OC. The summed E-state index contributed by atoms with van der Waals surface area (Å²) in [5.74, 6) is -5.26. The maximum Gasteiger partial charge on any atom is 0.382 e. The summed E-state index contributed by atoms with van der Waals surface area (Å²) in [4.78, 5) is 11.2. The molecule has 0 spiro atoms. The van der Waals surface area contributed by atoms with E-state index < -0.39 is 17.5 Å². The van der Waals surface area contributed by atoms with Crippen LogP contribution < -0.4 is 4.74 Å². The van der Waals surface area contributed by atoms with Gasteiger partial charge in [0.2, 0.25) is 0 Å². The van der Waals surface area contributed by atoms with Crippen LogP contribution in [0.1, 0.15) is 18.1 Å². The number of hydrogen-bond acceptors (Lipinski definition) is 3. The van der Waals surface area contributed by atoms with Gasteiger partial charge in [0.25, 0.3) is 0 Å². The van der Waals surface area contributed by atoms with Crippen LogP contribution in [0.5, 0.6) is 5.75 Å². The third kappa shape index (κ3) is 2.54. The van der Waals surface area contributed by atoms with Gasteiger partial charge in [0.15, 0.2) is 0 Å². The second-order valence-corrected chi connectivity index (χ2v) is 3.45. The molecule has 0 aliphatic rings. The summed E-state index contributed by atoms with van der Waals surface area (Å²) in [5.41, 5.74) is 0.0624. The number of carbonyl (C=O) groups excluding carboxylic acids is 1. The smallest absolute Gasteiger partial charge is 0.382 e. The van der Waals surface area contributed by atoms with Crippen LogP contribution in [0.3, 0.4) is 0 Å². The molecular weight excluding hydrogens is 230 g/mol. The largest absolute Gasteiger partial charge is 0.496 e. The number of para-hydroxylation sites is 1. The van der Waals surface area contributed by atoms with Gasteiger partial charge < -0.3 is 9.47 Å². The number of ether oxygens (including phenoxy) is 2. The lowest BCUT2D eigenvalue weighted by molar-refractivity contribution is -0.173. The van der Waals surface area contributed by atoms with Crippen LogP contribution in [-0.2, 0) is 15.5 Å². The lowest BCUT2D eigenvalue weighted by atomic mass is 10.0. The summed E-state index contributed by atoms with van der Waals surface area (Å²) < 4.78 is 36.9. The summed E-state index contributed by atoms with van der Waals surface area (Å²) in [7, 11) is 1.28. The Morgan fingerprint density at radius 2 is 2.06 bits per heavy atom. The van der Waals surface area contributed by atoms with E-state index >= 15 is 0 Å². The average Bonchev–Trinajstić information content (AvgIpc) is 2.29. The van der Waals surface area contributed by atoms with E-state index in [9.17, 15) is 13.6 Å². The molecule has 0 bridgehead atoms. The Morgan fingerprint density at radius 3 is 2.59 bits per heavy atom. The maximum absolute atomic E-state index is 13.8. The van der Waals surface area contributed by atoms with Crippen molar-refractivity contribution in [3.63, 3.8) is 0 Å². The van der Waals surface area contributed by atoms with Gasteiger partial charge in [-0.15, -0.1) is 0 Å². The number of alkyl halides is 2. The number of hydrogen-bond donors (Lipinski definition) is 0. The van der Waals surface area contributed by atoms with Crippen molar-refractivity contribution < 1.29 is 23.0 Å². The molecule has 5 heteroatoms. The number of benzene rings is 1. The molecule has 0 amide bonds. The number of rotatable bonds is 4. The van der Waals surface area contributed by atoms with E-state index in [0.717, 1.165) is 6.07 Å². The van der Waals surface area contributed by atoms with Crippen molar-refractivity contribution in [3.8, 4) is 5.75 Å². The third-order valence-corrected chi connectivity index (χ3v) is 2.29. The second-order valence-electron chi connectivity index (χ2n) is 3.45. The fraction of sp³-hybridized carbons (Fsp3) is 0.417. The number of esters is 1. The molecule has 0 aliphatic heterocycles. The molecule has 0 radical (unpaired) electrons. The van der Waals surface area contributed by atoms with Crippen molar-refractivity contribution in [1.82, 2.24) is 0 Å². The molecule has 0 heterocycles. The zero-order valence-corrected chi connectivity index (χ0v) is 9.92. The van der Waals surface area contributed by atoms with E-state index in [-0.39, 0.29) is 12.4 Å². The fourth-order valence-corrected chi connectivity index (χ4v) is 1.50. The zero-order chi connectivity index (χ0) is 13.1. The van der Waals surface area contributed by atoms with E-state index in [1.807, 2.05) is 0 Å². The second kappa shape index (κ2) is 5.12. The monoisotopic (exact) mass is 244 g/mol. The van der Waals surface area contributed by atoms with Gasteiger partial charge in [-0.1, -0.05) is 12.1 Å². The van der Waals surface area contributed by atoms with Crippen LogP contribution in [0, 0.1) is 6.92 Å². The van der Waals surface area contributed by atoms with E-state index in [1.165, 1.54) is 20.1 Å². The van der Waals surface area contributed by atoms with Crippen LogP contribution >= 0.6 is 0 Å². The highest BCUT2D eigenvalue weighted by Gasteiger charge is 2.45. The van der Waals surface area contributed by atoms with Gasteiger partial charge in [-0.2, -0.15) is 8.78 Å². The Balaban J connectivity index is 3.23. The Labute approximate surface area is 98.3 Å². The zero-order valence-electron chi connectivity index (χ0n) is 9.92. The molecule has 0 aliphatic carbocycles. The molecule has 17 heavy (non-hydrogen) atoms. The van der Waals surface area contributed by atoms with Crippen molar-refractivity contribution >= 4 is 5.97 Å². The van der Waals surface area contributed by atoms with Crippen molar-refractivity contribution in [2.45, 2.75) is 19.8 Å². The topological polar surface area (TPSA) is 35.5 Å². The lowest BCUT2D eigenvalue weighted by Crippen LogP contribution is -2.29. The number of methoxy groups -OCH3 is 1. The fourth-order valence-electron chi connectivity index (χ4n) is 1.50. The summed E-state index contributed by atoms with van der Waals surface area (Å²) in [6, 6.07) is 4.23. The van der Waals surface area contributed by atoms with Crippen LogP contribution in [-0.4, -0.2) is 19.7 Å². The van der Waals surface area contributed by atoms with E-state index in [2.05, 4.69) is 4.74 Å². The standard InChI is InChI=1S/C12H14F2O3/c1-4-17-11(15)12(13,14)9-7-5-6-8(2)10(9)16-3/h5-7H,4H2,1-3H3. The first kappa shape index (κ1) is 13.4. The van der Waals surface area contributed by atoms with E-state index in [4.69, 9.17) is 4.74 Å². The minimum absolute atomic E-state index is 0.00514. The molecule has 0 saturated heterocycles. The molecule has 0 aromatic heterocycles. The average molecular weight is 244 g/mol. The first-order valence-corrected chi connectivity index (χ1v) is 5.14. The molecule has 94 valence electrons. The molecule has 0 fully saturated rings. The predicted molar refractivity (Wildman–Crippen MR) is 58.3 cm³/mol. The van der Waals surface area contributed by atoms with Gasteiger partial charge in [0.1, 0.15) is 5.75 Å². The van der Waals surface area contributed by atoms with Crippen LogP contribution in [0.25, 0.3) is 0 Å². The molecule has 1 aromatic rings. The van der Waals surface area contributed by atoms with Crippen LogP contribution in [0.15, 0.2) is 18.2 Å². The van der Waals surface area contributed by atoms with Crippen molar-refractivity contribution in [2.75, 3.05) is 13.7 Å². The lowest BCUT2D eigenvalue weighted by Gasteiger charge is -2.18. The summed E-state index contributed by atoms with van der Waals surface area (Å²) in [5, 5.41) is 0.